The van der Waals surface area contributed by atoms with Crippen molar-refractivity contribution >= 4 is 46.5 Å². The molecule has 14 heteroatoms. The van der Waals surface area contributed by atoms with Crippen molar-refractivity contribution in [3.8, 4) is 5.75 Å². The van der Waals surface area contributed by atoms with Gasteiger partial charge in [0, 0.05) is 46.9 Å². The molecule has 0 unspecified atom stereocenters. The van der Waals surface area contributed by atoms with E-state index in [0.29, 0.717) is 22.8 Å². The lowest BCUT2D eigenvalue weighted by molar-refractivity contribution is -0.385. The number of aliphatic hydroxyl groups excluding tert-OH is 1. The minimum atomic E-state index is -1.52. The first-order valence-corrected chi connectivity index (χ1v) is 15.0. The van der Waals surface area contributed by atoms with Gasteiger partial charge < -0.3 is 25.6 Å². The second kappa shape index (κ2) is 11.8. The minimum Gasteiger partial charge on any atom is -0.496 e. The van der Waals surface area contributed by atoms with Crippen molar-refractivity contribution in [2.24, 2.45) is 5.92 Å². The predicted octanol–water partition coefficient (Wildman–Crippen LogP) is 4.92. The number of carboxylic acid groups (broad SMARTS) is 1. The highest BCUT2D eigenvalue weighted by Crippen LogP contribution is 2.58. The number of methoxy groups -OCH3 is 1. The number of likely N-dealkylation sites (tertiary alicyclic amines) is 1. The predicted molar refractivity (Wildman–Crippen MR) is 163 cm³/mol. The summed E-state index contributed by atoms with van der Waals surface area (Å²) in [5, 5.41) is 39.1. The Hall–Kier alpha value is -3.81. The third-order valence-corrected chi connectivity index (χ3v) is 9.60. The maximum Gasteiger partial charge on any atom is 0.339 e. The van der Waals surface area contributed by atoms with Gasteiger partial charge in [0.15, 0.2) is 0 Å². The van der Waals surface area contributed by atoms with Gasteiger partial charge in [-0.05, 0) is 48.6 Å². The number of anilines is 1. The molecule has 4 N–H and O–H groups in total. The summed E-state index contributed by atoms with van der Waals surface area (Å²) < 4.78 is 21.1. The quantitative estimate of drug-likeness (QED) is 0.175. The number of carboxylic acids is 1. The Labute approximate surface area is 267 Å². The Balaban J connectivity index is 1.54. The highest BCUT2D eigenvalue weighted by atomic mass is 35.5. The molecule has 1 aliphatic carbocycles. The van der Waals surface area contributed by atoms with Crippen molar-refractivity contribution in [3.05, 3.63) is 96.8 Å². The molecule has 2 heterocycles. The summed E-state index contributed by atoms with van der Waals surface area (Å²) in [6.07, 6.45) is 1.84. The van der Waals surface area contributed by atoms with Crippen LogP contribution in [0.3, 0.4) is 0 Å². The summed E-state index contributed by atoms with van der Waals surface area (Å²) in [4.78, 5) is 39.6. The van der Waals surface area contributed by atoms with E-state index in [-0.39, 0.29) is 39.9 Å². The topological polar surface area (TPSA) is 154 Å². The summed E-state index contributed by atoms with van der Waals surface area (Å²) in [5.74, 6) is -3.45. The summed E-state index contributed by atoms with van der Waals surface area (Å²) in [7, 11) is 1.21. The SMILES string of the molecule is COc1cc([N+](=O)[O-])c(CN[C@H]2[C@@H](CO)N(CC3CC3)[C@]3(C(=O)Nc4cc(Cl)ccc43)[C@@H]2c2cccc(Cl)c2F)cc1C(=O)O. The number of rotatable bonds is 10. The van der Waals surface area contributed by atoms with Gasteiger partial charge in [-0.15, -0.1) is 0 Å². The number of nitrogens with zero attached hydrogens (tertiary/aromatic N) is 2. The number of ether oxygens (including phenoxy) is 1. The number of nitro groups is 1. The first kappa shape index (κ1) is 31.2. The van der Waals surface area contributed by atoms with E-state index in [2.05, 4.69) is 10.6 Å². The van der Waals surface area contributed by atoms with Crippen molar-refractivity contribution < 1.29 is 33.9 Å². The highest BCUT2D eigenvalue weighted by molar-refractivity contribution is 6.31. The second-order valence-corrected chi connectivity index (χ2v) is 12.4. The van der Waals surface area contributed by atoms with E-state index in [4.69, 9.17) is 27.9 Å². The van der Waals surface area contributed by atoms with Crippen molar-refractivity contribution in [2.45, 2.75) is 42.9 Å². The molecule has 1 spiro atoms. The van der Waals surface area contributed by atoms with Crippen molar-refractivity contribution in [2.75, 3.05) is 25.6 Å². The van der Waals surface area contributed by atoms with Crippen LogP contribution in [-0.2, 0) is 16.9 Å². The Kier molecular flexibility index (Phi) is 8.21. The lowest BCUT2D eigenvalue weighted by Crippen LogP contribution is -2.53. The van der Waals surface area contributed by atoms with Crippen molar-refractivity contribution in [3.63, 3.8) is 0 Å². The molecular weight excluding hydrogens is 630 g/mol. The largest absolute Gasteiger partial charge is 0.496 e. The van der Waals surface area contributed by atoms with Crippen LogP contribution in [0.5, 0.6) is 5.75 Å². The normalized spacial score (nSPS) is 24.1. The number of fused-ring (bicyclic) bond motifs is 2. The molecule has 3 aromatic rings. The smallest absolute Gasteiger partial charge is 0.339 e. The number of aliphatic hydroxyl groups is 1. The molecule has 4 atom stereocenters. The molecule has 6 rings (SSSR count). The molecule has 2 aliphatic heterocycles. The zero-order valence-corrected chi connectivity index (χ0v) is 25.4. The Morgan fingerprint density at radius 1 is 1.24 bits per heavy atom. The van der Waals surface area contributed by atoms with Gasteiger partial charge in [0.2, 0.25) is 5.91 Å². The van der Waals surface area contributed by atoms with Gasteiger partial charge in [-0.2, -0.15) is 0 Å². The maximum absolute atomic E-state index is 16.1. The monoisotopic (exact) mass is 658 g/mol. The number of nitro benzene ring substituents is 1. The number of carbonyl (C=O) groups excluding carboxylic acids is 1. The Bertz CT molecular complexity index is 1720. The van der Waals surface area contributed by atoms with E-state index in [0.717, 1.165) is 25.0 Å². The fourth-order valence-corrected chi connectivity index (χ4v) is 7.35. The van der Waals surface area contributed by atoms with Crippen LogP contribution in [0.1, 0.15) is 45.8 Å². The number of benzene rings is 3. The Morgan fingerprint density at radius 3 is 2.64 bits per heavy atom. The summed E-state index contributed by atoms with van der Waals surface area (Å²) in [6.45, 7) is -0.265. The zero-order valence-electron chi connectivity index (χ0n) is 23.9. The molecule has 1 amide bonds. The van der Waals surface area contributed by atoms with Gasteiger partial charge in [0.25, 0.3) is 5.69 Å². The number of aromatic carboxylic acids is 1. The van der Waals surface area contributed by atoms with Crippen LogP contribution >= 0.6 is 23.2 Å². The van der Waals surface area contributed by atoms with Crippen LogP contribution in [-0.4, -0.2) is 64.3 Å². The number of halogens is 3. The molecule has 2 fully saturated rings. The second-order valence-electron chi connectivity index (χ2n) is 11.5. The first-order valence-electron chi connectivity index (χ1n) is 14.3. The van der Waals surface area contributed by atoms with E-state index in [1.54, 1.807) is 24.3 Å². The fourth-order valence-electron chi connectivity index (χ4n) is 6.99. The highest BCUT2D eigenvalue weighted by Gasteiger charge is 2.67. The molecule has 236 valence electrons. The van der Waals surface area contributed by atoms with Gasteiger partial charge in [0.1, 0.15) is 22.7 Å². The van der Waals surface area contributed by atoms with Crippen LogP contribution < -0.4 is 15.4 Å². The molecule has 11 nitrogen and oxygen atoms in total. The van der Waals surface area contributed by atoms with Crippen LogP contribution in [0.4, 0.5) is 15.8 Å². The van der Waals surface area contributed by atoms with Crippen LogP contribution in [0.15, 0.2) is 48.5 Å². The maximum atomic E-state index is 16.1. The summed E-state index contributed by atoms with van der Waals surface area (Å²) in [6, 6.07) is 10.0. The summed E-state index contributed by atoms with van der Waals surface area (Å²) >= 11 is 12.6. The van der Waals surface area contributed by atoms with E-state index in [9.17, 15) is 29.9 Å². The third kappa shape index (κ3) is 5.10. The lowest BCUT2D eigenvalue weighted by Gasteiger charge is -2.39. The van der Waals surface area contributed by atoms with Gasteiger partial charge in [-0.25, -0.2) is 9.18 Å². The molecule has 0 aromatic heterocycles. The minimum absolute atomic E-state index is 0.0259. The average Bonchev–Trinajstić information content (AvgIpc) is 3.73. The molecule has 0 bridgehead atoms. The van der Waals surface area contributed by atoms with E-state index < -0.39 is 58.5 Å². The fraction of sp³-hybridized carbons (Fsp3) is 0.355. The molecule has 1 saturated heterocycles. The van der Waals surface area contributed by atoms with Gasteiger partial charge in [-0.3, -0.25) is 19.8 Å². The van der Waals surface area contributed by atoms with Gasteiger partial charge in [-0.1, -0.05) is 41.4 Å². The summed E-state index contributed by atoms with van der Waals surface area (Å²) in [5.41, 5.74) is -1.05. The van der Waals surface area contributed by atoms with Crippen molar-refractivity contribution in [1.29, 1.82) is 0 Å². The van der Waals surface area contributed by atoms with Gasteiger partial charge >= 0.3 is 5.97 Å². The molecule has 1 saturated carbocycles. The average molecular weight is 659 g/mol. The van der Waals surface area contributed by atoms with E-state index in [1.165, 1.54) is 19.2 Å². The van der Waals surface area contributed by atoms with Crippen LogP contribution in [0.25, 0.3) is 0 Å². The molecule has 3 aromatic carbocycles. The Morgan fingerprint density at radius 2 is 2.00 bits per heavy atom. The van der Waals surface area contributed by atoms with Crippen LogP contribution in [0.2, 0.25) is 10.0 Å². The third-order valence-electron chi connectivity index (χ3n) is 9.08. The molecular formula is C31H29Cl2FN4O7. The number of nitrogens with one attached hydrogen (secondary N) is 2. The zero-order chi connectivity index (χ0) is 32.2. The number of hydrogen-bond donors (Lipinski definition) is 4. The van der Waals surface area contributed by atoms with E-state index in [1.807, 2.05) is 4.90 Å². The van der Waals surface area contributed by atoms with Crippen molar-refractivity contribution in [1.82, 2.24) is 10.2 Å². The molecule has 0 radical (unpaired) electrons. The molecule has 3 aliphatic rings. The first-order chi connectivity index (χ1) is 21.5. The number of amides is 1. The number of hydrogen-bond acceptors (Lipinski definition) is 8. The van der Waals surface area contributed by atoms with E-state index >= 15 is 4.39 Å². The van der Waals surface area contributed by atoms with Gasteiger partial charge in [0.05, 0.1) is 35.8 Å². The molecule has 45 heavy (non-hydrogen) atoms. The number of carbonyl (C=O) groups is 2. The standard InChI is InChI=1S/C31H29Cl2FN4O7/c1-45-25-11-23(38(43)44)16(9-19(25)29(40)41)12-35-28-24(14-39)37(13-15-5-6-15)31(26(28)18-3-2-4-21(33)27(18)34)20-8-7-17(32)10-22(20)36-30(31)42/h2-4,7-11,15,24,26,28,35,39H,5-6,12-14H2,1H3,(H,36,42)(H,40,41)/t24-,26-,28+,31+/m1/s1. The van der Waals surface area contributed by atoms with Crippen LogP contribution in [0, 0.1) is 21.8 Å². The lowest BCUT2D eigenvalue weighted by atomic mass is 9.73.